The third kappa shape index (κ3) is 5.23. The van der Waals surface area contributed by atoms with Gasteiger partial charge in [0, 0.05) is 44.7 Å². The number of aliphatic imine (C=N–C) groups is 1. The predicted molar refractivity (Wildman–Crippen MR) is 118 cm³/mol. The summed E-state index contributed by atoms with van der Waals surface area (Å²) in [6.45, 7) is 5.22. The standard InChI is InChI=1S/C21H28N6O3S/c1-14-16(20(30)27-8-2-3-9-27)12-23-19(24-14)15-5-10-26(11-6-15)18(29)4-7-22-21-25-17(28)13-31-21/h12,15H,2-11,13H2,1H3,(H,22,25,28). The third-order valence-electron chi connectivity index (χ3n) is 6.00. The van der Waals surface area contributed by atoms with Crippen molar-refractivity contribution in [2.75, 3.05) is 38.5 Å². The van der Waals surface area contributed by atoms with E-state index in [0.717, 1.165) is 50.3 Å². The first-order valence-electron chi connectivity index (χ1n) is 10.9. The summed E-state index contributed by atoms with van der Waals surface area (Å²) in [6.07, 6.45) is 5.76. The molecule has 3 aliphatic heterocycles. The van der Waals surface area contributed by atoms with Crippen LogP contribution in [0.4, 0.5) is 0 Å². The van der Waals surface area contributed by atoms with Crippen molar-refractivity contribution in [2.24, 2.45) is 4.99 Å². The van der Waals surface area contributed by atoms with Gasteiger partial charge < -0.3 is 15.1 Å². The molecule has 0 atom stereocenters. The van der Waals surface area contributed by atoms with Crippen LogP contribution in [0.1, 0.15) is 59.9 Å². The van der Waals surface area contributed by atoms with E-state index in [9.17, 15) is 14.4 Å². The Balaban J connectivity index is 1.27. The van der Waals surface area contributed by atoms with E-state index in [-0.39, 0.29) is 23.6 Å². The van der Waals surface area contributed by atoms with Gasteiger partial charge in [0.15, 0.2) is 5.17 Å². The average molecular weight is 445 g/mol. The van der Waals surface area contributed by atoms with Gasteiger partial charge in [-0.05, 0) is 32.6 Å². The normalized spacial score (nSPS) is 21.1. The van der Waals surface area contributed by atoms with E-state index < -0.39 is 0 Å². The number of piperidine rings is 1. The number of hydrogen-bond acceptors (Lipinski definition) is 7. The highest BCUT2D eigenvalue weighted by atomic mass is 32.2. The zero-order valence-corrected chi connectivity index (χ0v) is 18.6. The van der Waals surface area contributed by atoms with Gasteiger partial charge in [-0.2, -0.15) is 0 Å². The minimum absolute atomic E-state index is 0.0288. The Morgan fingerprint density at radius 1 is 1.19 bits per heavy atom. The van der Waals surface area contributed by atoms with Gasteiger partial charge in [0.1, 0.15) is 5.82 Å². The smallest absolute Gasteiger partial charge is 0.257 e. The van der Waals surface area contributed by atoms with E-state index in [4.69, 9.17) is 0 Å². The maximum atomic E-state index is 12.6. The molecule has 1 aromatic heterocycles. The molecule has 0 aromatic carbocycles. The lowest BCUT2D eigenvalue weighted by Gasteiger charge is -2.31. The van der Waals surface area contributed by atoms with Crippen LogP contribution in [0.3, 0.4) is 0 Å². The largest absolute Gasteiger partial charge is 0.343 e. The van der Waals surface area contributed by atoms with Crippen molar-refractivity contribution in [1.82, 2.24) is 25.1 Å². The van der Waals surface area contributed by atoms with Crippen LogP contribution in [0, 0.1) is 6.92 Å². The van der Waals surface area contributed by atoms with Crippen LogP contribution in [-0.2, 0) is 9.59 Å². The summed E-state index contributed by atoms with van der Waals surface area (Å²) < 4.78 is 0. The van der Waals surface area contributed by atoms with Crippen LogP contribution < -0.4 is 5.32 Å². The molecule has 4 rings (SSSR count). The number of amides is 3. The van der Waals surface area contributed by atoms with Crippen molar-refractivity contribution >= 4 is 34.7 Å². The van der Waals surface area contributed by atoms with Crippen molar-refractivity contribution in [3.8, 4) is 0 Å². The molecule has 0 radical (unpaired) electrons. The zero-order chi connectivity index (χ0) is 21.8. The van der Waals surface area contributed by atoms with Crippen molar-refractivity contribution in [3.05, 3.63) is 23.3 Å². The van der Waals surface area contributed by atoms with Gasteiger partial charge in [-0.15, -0.1) is 0 Å². The van der Waals surface area contributed by atoms with Gasteiger partial charge in [0.05, 0.1) is 23.6 Å². The number of aryl methyl sites for hydroxylation is 1. The minimum Gasteiger partial charge on any atom is -0.343 e. The number of rotatable bonds is 5. The van der Waals surface area contributed by atoms with E-state index >= 15 is 0 Å². The van der Waals surface area contributed by atoms with E-state index in [2.05, 4.69) is 20.3 Å². The highest BCUT2D eigenvalue weighted by molar-refractivity contribution is 8.15. The number of nitrogens with one attached hydrogen (secondary N) is 1. The van der Waals surface area contributed by atoms with Crippen LogP contribution in [0.15, 0.2) is 11.2 Å². The Labute approximate surface area is 186 Å². The molecule has 4 heterocycles. The summed E-state index contributed by atoms with van der Waals surface area (Å²) in [5, 5.41) is 3.28. The number of likely N-dealkylation sites (tertiary alicyclic amines) is 2. The van der Waals surface area contributed by atoms with E-state index in [0.29, 0.717) is 42.5 Å². The van der Waals surface area contributed by atoms with Crippen LogP contribution >= 0.6 is 11.8 Å². The minimum atomic E-state index is -0.0388. The highest BCUT2D eigenvalue weighted by Crippen LogP contribution is 2.26. The van der Waals surface area contributed by atoms with Gasteiger partial charge in [-0.3, -0.25) is 19.4 Å². The zero-order valence-electron chi connectivity index (χ0n) is 17.8. The predicted octanol–water partition coefficient (Wildman–Crippen LogP) is 1.34. The first-order valence-corrected chi connectivity index (χ1v) is 11.9. The Morgan fingerprint density at radius 2 is 1.94 bits per heavy atom. The quantitative estimate of drug-likeness (QED) is 0.734. The van der Waals surface area contributed by atoms with Crippen molar-refractivity contribution in [1.29, 1.82) is 0 Å². The van der Waals surface area contributed by atoms with E-state index in [1.54, 1.807) is 6.20 Å². The molecule has 31 heavy (non-hydrogen) atoms. The molecular weight excluding hydrogens is 416 g/mol. The number of thioether (sulfide) groups is 1. The second kappa shape index (κ2) is 9.76. The maximum absolute atomic E-state index is 12.6. The molecule has 0 aliphatic carbocycles. The fourth-order valence-electron chi connectivity index (χ4n) is 4.19. The first kappa shape index (κ1) is 21.7. The maximum Gasteiger partial charge on any atom is 0.257 e. The molecule has 10 heteroatoms. The van der Waals surface area contributed by atoms with E-state index in [1.807, 2.05) is 16.7 Å². The van der Waals surface area contributed by atoms with Crippen molar-refractivity contribution < 1.29 is 14.4 Å². The molecule has 3 aliphatic rings. The highest BCUT2D eigenvalue weighted by Gasteiger charge is 2.27. The fourth-order valence-corrected chi connectivity index (χ4v) is 4.90. The van der Waals surface area contributed by atoms with Gasteiger partial charge in [-0.25, -0.2) is 9.97 Å². The fraction of sp³-hybridized carbons (Fsp3) is 0.619. The molecule has 3 fully saturated rings. The molecule has 3 amide bonds. The first-order chi connectivity index (χ1) is 15.0. The molecule has 0 spiro atoms. The Hall–Kier alpha value is -2.49. The lowest BCUT2D eigenvalue weighted by Crippen LogP contribution is -2.38. The molecule has 1 N–H and O–H groups in total. The van der Waals surface area contributed by atoms with Gasteiger partial charge in [0.25, 0.3) is 5.91 Å². The summed E-state index contributed by atoms with van der Waals surface area (Å²) in [7, 11) is 0. The molecule has 0 bridgehead atoms. The molecule has 166 valence electrons. The number of amidine groups is 1. The Kier molecular flexibility index (Phi) is 6.84. The number of carbonyl (C=O) groups is 3. The average Bonchev–Trinajstić information content (AvgIpc) is 3.45. The van der Waals surface area contributed by atoms with Gasteiger partial charge >= 0.3 is 0 Å². The van der Waals surface area contributed by atoms with Crippen molar-refractivity contribution in [3.63, 3.8) is 0 Å². The number of carbonyl (C=O) groups excluding carboxylic acids is 3. The molecular formula is C21H28N6O3S. The lowest BCUT2D eigenvalue weighted by molar-refractivity contribution is -0.132. The van der Waals surface area contributed by atoms with Crippen LogP contribution in [0.2, 0.25) is 0 Å². The summed E-state index contributed by atoms with van der Waals surface area (Å²) >= 11 is 1.37. The van der Waals surface area contributed by atoms with Crippen LogP contribution in [-0.4, -0.2) is 81.1 Å². The number of aromatic nitrogens is 2. The molecule has 0 saturated carbocycles. The SMILES string of the molecule is Cc1nc(C2CCN(C(=O)CCN=C3NC(=O)CS3)CC2)ncc1C(=O)N1CCCC1. The number of hydrogen-bond donors (Lipinski definition) is 1. The second-order valence-corrected chi connectivity index (χ2v) is 9.12. The topological polar surface area (TPSA) is 108 Å². The molecule has 3 saturated heterocycles. The molecule has 9 nitrogen and oxygen atoms in total. The van der Waals surface area contributed by atoms with Gasteiger partial charge in [-0.1, -0.05) is 11.8 Å². The van der Waals surface area contributed by atoms with Gasteiger partial charge in [0.2, 0.25) is 11.8 Å². The Morgan fingerprint density at radius 3 is 2.58 bits per heavy atom. The van der Waals surface area contributed by atoms with Crippen LogP contribution in [0.5, 0.6) is 0 Å². The summed E-state index contributed by atoms with van der Waals surface area (Å²) in [4.78, 5) is 53.4. The second-order valence-electron chi connectivity index (χ2n) is 8.16. The van der Waals surface area contributed by atoms with Crippen molar-refractivity contribution in [2.45, 2.75) is 44.9 Å². The summed E-state index contributed by atoms with van der Waals surface area (Å²) in [6, 6.07) is 0. The van der Waals surface area contributed by atoms with Crippen LogP contribution in [0.25, 0.3) is 0 Å². The third-order valence-corrected chi connectivity index (χ3v) is 6.91. The Bertz CT molecular complexity index is 891. The molecule has 0 unspecified atom stereocenters. The summed E-state index contributed by atoms with van der Waals surface area (Å²) in [5.41, 5.74) is 1.33. The monoisotopic (exact) mass is 444 g/mol. The molecule has 1 aromatic rings. The number of nitrogens with zero attached hydrogens (tertiary/aromatic N) is 5. The lowest BCUT2D eigenvalue weighted by atomic mass is 9.95. The van der Waals surface area contributed by atoms with E-state index in [1.165, 1.54) is 11.8 Å². The summed E-state index contributed by atoms with van der Waals surface area (Å²) in [5.74, 6) is 1.44.